The predicted molar refractivity (Wildman–Crippen MR) is 66.7 cm³/mol. The van der Waals surface area contributed by atoms with E-state index >= 15 is 0 Å². The van der Waals surface area contributed by atoms with Crippen molar-refractivity contribution in [3.05, 3.63) is 0 Å². The molecule has 0 saturated heterocycles. The van der Waals surface area contributed by atoms with Crippen LogP contribution >= 0.6 is 0 Å². The molecule has 0 spiro atoms. The molecule has 7 nitrogen and oxygen atoms in total. The van der Waals surface area contributed by atoms with Crippen molar-refractivity contribution in [2.45, 2.75) is 19.9 Å². The predicted octanol–water partition coefficient (Wildman–Crippen LogP) is -1.79. The van der Waals surface area contributed by atoms with Crippen molar-refractivity contribution in [3.8, 4) is 0 Å². The fourth-order valence-corrected chi connectivity index (χ4v) is 1.08. The van der Waals surface area contributed by atoms with Crippen LogP contribution in [0.3, 0.4) is 0 Å². The minimum atomic E-state index is -0.606. The van der Waals surface area contributed by atoms with Gasteiger partial charge in [-0.05, 0) is 5.92 Å². The zero-order valence-electron chi connectivity index (χ0n) is 10.9. The topological polar surface area (TPSA) is 114 Å². The number of ether oxygens (including phenoxy) is 1. The number of carbonyl (C=O) groups is 2. The molecule has 0 unspecified atom stereocenters. The summed E-state index contributed by atoms with van der Waals surface area (Å²) in [6, 6.07) is -0.606. The van der Waals surface area contributed by atoms with Crippen molar-refractivity contribution in [3.63, 3.8) is 0 Å². The minimum Gasteiger partial charge on any atom is -0.394 e. The molecule has 0 aromatic rings. The van der Waals surface area contributed by atoms with Crippen LogP contribution in [-0.4, -0.2) is 55.9 Å². The lowest BCUT2D eigenvalue weighted by Gasteiger charge is -2.15. The van der Waals surface area contributed by atoms with Gasteiger partial charge < -0.3 is 26.2 Å². The molecule has 0 aliphatic rings. The molecule has 0 aromatic carbocycles. The van der Waals surface area contributed by atoms with E-state index in [0.717, 1.165) is 0 Å². The molecule has 2 amide bonds. The molecule has 0 aromatic heterocycles. The molecule has 1 atom stereocenters. The second-order valence-electron chi connectivity index (χ2n) is 4.17. The van der Waals surface area contributed by atoms with Crippen molar-refractivity contribution in [1.82, 2.24) is 10.6 Å². The molecule has 0 aliphatic heterocycles. The zero-order valence-corrected chi connectivity index (χ0v) is 10.9. The van der Waals surface area contributed by atoms with Gasteiger partial charge in [-0.25, -0.2) is 0 Å². The zero-order chi connectivity index (χ0) is 14.0. The Bertz CT molecular complexity index is 259. The molecule has 0 fully saturated rings. The Morgan fingerprint density at radius 1 is 1.28 bits per heavy atom. The molecule has 0 saturated carbocycles. The Balaban J connectivity index is 3.61. The summed E-state index contributed by atoms with van der Waals surface area (Å²) >= 11 is 0. The molecule has 5 N–H and O–H groups in total. The van der Waals surface area contributed by atoms with Gasteiger partial charge in [-0.2, -0.15) is 0 Å². The van der Waals surface area contributed by atoms with E-state index < -0.39 is 6.04 Å². The molecular formula is C11H23N3O4. The van der Waals surface area contributed by atoms with E-state index in [0.29, 0.717) is 13.2 Å². The maximum Gasteiger partial charge on any atom is 0.239 e. The number of aliphatic hydroxyl groups is 1. The van der Waals surface area contributed by atoms with Crippen molar-refractivity contribution in [2.24, 2.45) is 11.7 Å². The second-order valence-corrected chi connectivity index (χ2v) is 4.17. The number of nitrogens with two attached hydrogens (primary N) is 1. The summed E-state index contributed by atoms with van der Waals surface area (Å²) in [5.41, 5.74) is 5.61. The highest BCUT2D eigenvalue weighted by Crippen LogP contribution is 1.97. The van der Waals surface area contributed by atoms with Gasteiger partial charge in [-0.3, -0.25) is 9.59 Å². The molecule has 18 heavy (non-hydrogen) atoms. The second kappa shape index (κ2) is 9.81. The number of hydrogen-bond donors (Lipinski definition) is 4. The van der Waals surface area contributed by atoms with Gasteiger partial charge in [0.1, 0.15) is 0 Å². The third-order valence-electron chi connectivity index (χ3n) is 2.25. The summed E-state index contributed by atoms with van der Waals surface area (Å²) < 4.78 is 4.96. The van der Waals surface area contributed by atoms with Crippen LogP contribution in [0.2, 0.25) is 0 Å². The highest BCUT2D eigenvalue weighted by molar-refractivity contribution is 5.87. The summed E-state index contributed by atoms with van der Waals surface area (Å²) in [4.78, 5) is 22.7. The lowest BCUT2D eigenvalue weighted by atomic mass is 10.1. The Kier molecular flexibility index (Phi) is 9.17. The largest absolute Gasteiger partial charge is 0.394 e. The Hall–Kier alpha value is -1.18. The van der Waals surface area contributed by atoms with Gasteiger partial charge in [0.05, 0.1) is 32.4 Å². The molecular weight excluding hydrogens is 238 g/mol. The van der Waals surface area contributed by atoms with E-state index in [2.05, 4.69) is 10.6 Å². The van der Waals surface area contributed by atoms with Crippen LogP contribution in [0.1, 0.15) is 13.8 Å². The van der Waals surface area contributed by atoms with Crippen LogP contribution in [0.4, 0.5) is 0 Å². The average Bonchev–Trinajstić information content (AvgIpc) is 2.34. The van der Waals surface area contributed by atoms with Gasteiger partial charge in [0.25, 0.3) is 0 Å². The first-order chi connectivity index (χ1) is 8.49. The van der Waals surface area contributed by atoms with Crippen LogP contribution in [0.15, 0.2) is 0 Å². The van der Waals surface area contributed by atoms with Gasteiger partial charge >= 0.3 is 0 Å². The summed E-state index contributed by atoms with van der Waals surface area (Å²) in [5.74, 6) is -0.608. The van der Waals surface area contributed by atoms with Crippen molar-refractivity contribution >= 4 is 11.8 Å². The summed E-state index contributed by atoms with van der Waals surface area (Å²) in [6.07, 6.45) is 0. The van der Waals surface area contributed by atoms with Crippen molar-refractivity contribution < 1.29 is 19.4 Å². The van der Waals surface area contributed by atoms with Crippen LogP contribution < -0.4 is 16.4 Å². The normalized spacial score (nSPS) is 12.3. The van der Waals surface area contributed by atoms with Gasteiger partial charge in [-0.1, -0.05) is 13.8 Å². The fourth-order valence-electron chi connectivity index (χ4n) is 1.08. The molecule has 0 aliphatic carbocycles. The SMILES string of the molecule is CC(C)[C@H](N)C(=O)NCC(=O)NCCOCCO. The number of aliphatic hydroxyl groups excluding tert-OH is 1. The van der Waals surface area contributed by atoms with Gasteiger partial charge in [0, 0.05) is 6.54 Å². The summed E-state index contributed by atoms with van der Waals surface area (Å²) in [5, 5.41) is 13.5. The lowest BCUT2D eigenvalue weighted by Crippen LogP contribution is -2.47. The van der Waals surface area contributed by atoms with E-state index in [-0.39, 0.29) is 37.5 Å². The van der Waals surface area contributed by atoms with Crippen LogP contribution in [0, 0.1) is 5.92 Å². The van der Waals surface area contributed by atoms with E-state index in [4.69, 9.17) is 15.6 Å². The Morgan fingerprint density at radius 3 is 2.50 bits per heavy atom. The quantitative estimate of drug-likeness (QED) is 0.366. The standard InChI is InChI=1S/C11H23N3O4/c1-8(2)10(12)11(17)14-7-9(16)13-3-5-18-6-4-15/h8,10,15H,3-7,12H2,1-2H3,(H,13,16)(H,14,17)/t10-/m0/s1. The maximum absolute atomic E-state index is 11.4. The van der Waals surface area contributed by atoms with Crippen molar-refractivity contribution in [1.29, 1.82) is 0 Å². The fraction of sp³-hybridized carbons (Fsp3) is 0.818. The van der Waals surface area contributed by atoms with Crippen molar-refractivity contribution in [2.75, 3.05) is 32.9 Å². The van der Waals surface area contributed by atoms with Crippen LogP contribution in [-0.2, 0) is 14.3 Å². The average molecular weight is 261 g/mol. The van der Waals surface area contributed by atoms with E-state index in [1.54, 1.807) is 0 Å². The third-order valence-corrected chi connectivity index (χ3v) is 2.25. The van der Waals surface area contributed by atoms with E-state index in [1.165, 1.54) is 0 Å². The molecule has 0 heterocycles. The van der Waals surface area contributed by atoms with Gasteiger partial charge in [0.2, 0.25) is 11.8 Å². The van der Waals surface area contributed by atoms with Gasteiger partial charge in [-0.15, -0.1) is 0 Å². The Morgan fingerprint density at radius 2 is 1.94 bits per heavy atom. The number of hydrogen-bond acceptors (Lipinski definition) is 5. The maximum atomic E-state index is 11.4. The lowest BCUT2D eigenvalue weighted by molar-refractivity contribution is -0.127. The molecule has 106 valence electrons. The summed E-state index contributed by atoms with van der Waals surface area (Å²) in [7, 11) is 0. The number of rotatable bonds is 9. The number of amides is 2. The first-order valence-corrected chi connectivity index (χ1v) is 5.97. The molecule has 0 radical (unpaired) electrons. The number of carbonyl (C=O) groups excluding carboxylic acids is 2. The highest BCUT2D eigenvalue weighted by Gasteiger charge is 2.17. The smallest absolute Gasteiger partial charge is 0.239 e. The third kappa shape index (κ3) is 7.99. The summed E-state index contributed by atoms with van der Waals surface area (Å²) in [6.45, 7) is 4.44. The number of nitrogens with one attached hydrogen (secondary N) is 2. The molecule has 0 bridgehead atoms. The monoisotopic (exact) mass is 261 g/mol. The first-order valence-electron chi connectivity index (χ1n) is 5.97. The highest BCUT2D eigenvalue weighted by atomic mass is 16.5. The van der Waals surface area contributed by atoms with Crippen LogP contribution in [0.5, 0.6) is 0 Å². The molecule has 7 heteroatoms. The minimum absolute atomic E-state index is 0.0277. The first kappa shape index (κ1) is 16.8. The van der Waals surface area contributed by atoms with E-state index in [9.17, 15) is 9.59 Å². The van der Waals surface area contributed by atoms with Gasteiger partial charge in [0.15, 0.2) is 0 Å². The van der Waals surface area contributed by atoms with E-state index in [1.807, 2.05) is 13.8 Å². The Labute approximate surface area is 107 Å². The van der Waals surface area contributed by atoms with Crippen LogP contribution in [0.25, 0.3) is 0 Å². The molecule has 0 rings (SSSR count).